The summed E-state index contributed by atoms with van der Waals surface area (Å²) in [6.07, 6.45) is 1.02. The minimum absolute atomic E-state index is 0.136. The lowest BCUT2D eigenvalue weighted by Crippen LogP contribution is -2.23. The van der Waals surface area contributed by atoms with Crippen LogP contribution in [0.2, 0.25) is 0 Å². The van der Waals surface area contributed by atoms with Crippen molar-refractivity contribution < 1.29 is 9.63 Å². The molecular formula is C16H18N2O2. The summed E-state index contributed by atoms with van der Waals surface area (Å²) in [5, 5.41) is 0. The van der Waals surface area contributed by atoms with E-state index < -0.39 is 0 Å². The maximum Gasteiger partial charge on any atom is 0.243 e. The van der Waals surface area contributed by atoms with Crippen LogP contribution in [0.5, 0.6) is 0 Å². The van der Waals surface area contributed by atoms with Crippen LogP contribution in [0.4, 0.5) is 5.69 Å². The number of amides is 1. The number of rotatable bonds is 6. The van der Waals surface area contributed by atoms with Crippen molar-refractivity contribution in [2.24, 2.45) is 0 Å². The summed E-state index contributed by atoms with van der Waals surface area (Å²) in [5.74, 6) is -0.136. The summed E-state index contributed by atoms with van der Waals surface area (Å²) in [7, 11) is 0. The highest BCUT2D eigenvalue weighted by Crippen LogP contribution is 2.08. The standard InChI is InChI=1S/C16H18N2O2/c17-15-8-4-7-13(11-15)9-10-16(19)18-20-12-14-5-2-1-3-6-14/h1-8,11H,9-10,12,17H2,(H,18,19). The second-order valence-electron chi connectivity index (χ2n) is 4.54. The SMILES string of the molecule is Nc1cccc(CCC(=O)NOCc2ccccc2)c1. The van der Waals surface area contributed by atoms with Crippen LogP contribution in [-0.2, 0) is 22.7 Å². The van der Waals surface area contributed by atoms with Crippen LogP contribution >= 0.6 is 0 Å². The zero-order valence-electron chi connectivity index (χ0n) is 11.2. The van der Waals surface area contributed by atoms with E-state index in [-0.39, 0.29) is 5.91 Å². The van der Waals surface area contributed by atoms with Gasteiger partial charge in [-0.2, -0.15) is 0 Å². The Kier molecular flexibility index (Phi) is 5.15. The van der Waals surface area contributed by atoms with Crippen molar-refractivity contribution in [3.05, 3.63) is 65.7 Å². The van der Waals surface area contributed by atoms with Gasteiger partial charge in [0.25, 0.3) is 0 Å². The number of nitrogens with one attached hydrogen (secondary N) is 1. The van der Waals surface area contributed by atoms with E-state index >= 15 is 0 Å². The van der Waals surface area contributed by atoms with Crippen LogP contribution in [0.3, 0.4) is 0 Å². The molecule has 2 rings (SSSR count). The normalized spacial score (nSPS) is 10.2. The van der Waals surface area contributed by atoms with Crippen molar-refractivity contribution >= 4 is 11.6 Å². The van der Waals surface area contributed by atoms with Crippen LogP contribution in [0.1, 0.15) is 17.5 Å². The molecule has 2 aromatic rings. The van der Waals surface area contributed by atoms with Crippen LogP contribution in [0.15, 0.2) is 54.6 Å². The third-order valence-corrected chi connectivity index (χ3v) is 2.86. The van der Waals surface area contributed by atoms with Crippen molar-refractivity contribution in [2.75, 3.05) is 5.73 Å². The lowest BCUT2D eigenvalue weighted by Gasteiger charge is -2.06. The predicted molar refractivity (Wildman–Crippen MR) is 78.5 cm³/mol. The number of carbonyl (C=O) groups excluding carboxylic acids is 1. The molecule has 0 saturated carbocycles. The molecule has 0 aliphatic rings. The Morgan fingerprint density at radius 2 is 1.80 bits per heavy atom. The van der Waals surface area contributed by atoms with Gasteiger partial charge in [0.15, 0.2) is 0 Å². The number of anilines is 1. The summed E-state index contributed by atoms with van der Waals surface area (Å²) in [6, 6.07) is 17.2. The van der Waals surface area contributed by atoms with Gasteiger partial charge in [-0.1, -0.05) is 42.5 Å². The van der Waals surface area contributed by atoms with Gasteiger partial charge in [-0.05, 0) is 29.7 Å². The van der Waals surface area contributed by atoms with E-state index in [1.165, 1.54) is 0 Å². The zero-order valence-corrected chi connectivity index (χ0v) is 11.2. The van der Waals surface area contributed by atoms with Gasteiger partial charge in [0.1, 0.15) is 0 Å². The highest BCUT2D eigenvalue weighted by molar-refractivity contribution is 5.75. The first kappa shape index (κ1) is 14.1. The molecule has 0 aliphatic heterocycles. The molecule has 0 unspecified atom stereocenters. The molecule has 2 aromatic carbocycles. The number of hydrogen-bond donors (Lipinski definition) is 2. The van der Waals surface area contributed by atoms with Gasteiger partial charge >= 0.3 is 0 Å². The van der Waals surface area contributed by atoms with Gasteiger partial charge in [0, 0.05) is 12.1 Å². The Balaban J connectivity index is 1.68. The largest absolute Gasteiger partial charge is 0.399 e. The summed E-state index contributed by atoms with van der Waals surface area (Å²) in [5.41, 5.74) is 10.9. The average molecular weight is 270 g/mol. The maximum atomic E-state index is 11.6. The molecule has 0 radical (unpaired) electrons. The molecule has 20 heavy (non-hydrogen) atoms. The fraction of sp³-hybridized carbons (Fsp3) is 0.188. The summed E-state index contributed by atoms with van der Waals surface area (Å²) < 4.78 is 0. The molecule has 104 valence electrons. The van der Waals surface area contributed by atoms with E-state index in [0.29, 0.717) is 25.1 Å². The first-order valence-corrected chi connectivity index (χ1v) is 6.53. The Morgan fingerprint density at radius 1 is 1.05 bits per heavy atom. The average Bonchev–Trinajstić information content (AvgIpc) is 2.46. The van der Waals surface area contributed by atoms with Gasteiger partial charge in [-0.15, -0.1) is 0 Å². The fourth-order valence-electron chi connectivity index (χ4n) is 1.83. The lowest BCUT2D eigenvalue weighted by atomic mass is 10.1. The number of benzene rings is 2. The second kappa shape index (κ2) is 7.31. The molecule has 0 saturated heterocycles. The van der Waals surface area contributed by atoms with Gasteiger partial charge in [0.2, 0.25) is 5.91 Å². The minimum atomic E-state index is -0.136. The zero-order chi connectivity index (χ0) is 14.2. The fourth-order valence-corrected chi connectivity index (χ4v) is 1.83. The molecule has 3 N–H and O–H groups in total. The van der Waals surface area contributed by atoms with Crippen molar-refractivity contribution in [3.63, 3.8) is 0 Å². The van der Waals surface area contributed by atoms with E-state index in [1.54, 1.807) is 0 Å². The van der Waals surface area contributed by atoms with Gasteiger partial charge in [-0.3, -0.25) is 9.63 Å². The summed E-state index contributed by atoms with van der Waals surface area (Å²) >= 11 is 0. The molecule has 0 fully saturated rings. The van der Waals surface area contributed by atoms with Crippen molar-refractivity contribution in [3.8, 4) is 0 Å². The molecule has 0 spiro atoms. The van der Waals surface area contributed by atoms with Crippen LogP contribution in [0.25, 0.3) is 0 Å². The number of aryl methyl sites for hydroxylation is 1. The van der Waals surface area contributed by atoms with Gasteiger partial charge in [-0.25, -0.2) is 5.48 Å². The third-order valence-electron chi connectivity index (χ3n) is 2.86. The molecule has 0 heterocycles. The molecular weight excluding hydrogens is 252 g/mol. The first-order valence-electron chi connectivity index (χ1n) is 6.53. The van der Waals surface area contributed by atoms with E-state index in [1.807, 2.05) is 54.6 Å². The van der Waals surface area contributed by atoms with Crippen LogP contribution < -0.4 is 11.2 Å². The predicted octanol–water partition coefficient (Wildman–Crippen LogP) is 2.45. The van der Waals surface area contributed by atoms with E-state index in [4.69, 9.17) is 10.6 Å². The molecule has 0 atom stereocenters. The first-order chi connectivity index (χ1) is 9.74. The highest BCUT2D eigenvalue weighted by atomic mass is 16.6. The molecule has 0 aliphatic carbocycles. The molecule has 0 aromatic heterocycles. The second-order valence-corrected chi connectivity index (χ2v) is 4.54. The van der Waals surface area contributed by atoms with Crippen LogP contribution in [0, 0.1) is 0 Å². The van der Waals surface area contributed by atoms with Crippen molar-refractivity contribution in [1.82, 2.24) is 5.48 Å². The Morgan fingerprint density at radius 3 is 2.55 bits per heavy atom. The molecule has 4 nitrogen and oxygen atoms in total. The maximum absolute atomic E-state index is 11.6. The number of nitrogen functional groups attached to an aromatic ring is 1. The Labute approximate surface area is 118 Å². The monoisotopic (exact) mass is 270 g/mol. The van der Waals surface area contributed by atoms with E-state index in [2.05, 4.69) is 5.48 Å². The topological polar surface area (TPSA) is 64.4 Å². The summed E-state index contributed by atoms with van der Waals surface area (Å²) in [6.45, 7) is 0.366. The number of hydroxylamine groups is 1. The van der Waals surface area contributed by atoms with Gasteiger partial charge < -0.3 is 5.73 Å². The number of hydrogen-bond acceptors (Lipinski definition) is 3. The Bertz CT molecular complexity index is 555. The van der Waals surface area contributed by atoms with Crippen molar-refractivity contribution in [2.45, 2.75) is 19.4 Å². The molecule has 1 amide bonds. The minimum Gasteiger partial charge on any atom is -0.399 e. The summed E-state index contributed by atoms with van der Waals surface area (Å²) in [4.78, 5) is 16.8. The third kappa shape index (κ3) is 4.74. The highest BCUT2D eigenvalue weighted by Gasteiger charge is 2.02. The van der Waals surface area contributed by atoms with Crippen LogP contribution in [-0.4, -0.2) is 5.91 Å². The smallest absolute Gasteiger partial charge is 0.243 e. The molecule has 0 bridgehead atoms. The van der Waals surface area contributed by atoms with E-state index in [9.17, 15) is 4.79 Å². The number of nitrogens with two attached hydrogens (primary N) is 1. The lowest BCUT2D eigenvalue weighted by molar-refractivity contribution is -0.134. The van der Waals surface area contributed by atoms with Crippen molar-refractivity contribution in [1.29, 1.82) is 0 Å². The number of carbonyl (C=O) groups is 1. The Hall–Kier alpha value is -2.33. The van der Waals surface area contributed by atoms with Gasteiger partial charge in [0.05, 0.1) is 6.61 Å². The quantitative estimate of drug-likeness (QED) is 0.626. The van der Waals surface area contributed by atoms with E-state index in [0.717, 1.165) is 11.1 Å². The molecule has 4 heteroatoms.